The molecule has 0 fully saturated rings. The lowest BCUT2D eigenvalue weighted by atomic mass is 9.88. The Morgan fingerprint density at radius 3 is 2.38 bits per heavy atom. The average Bonchev–Trinajstić information content (AvgIpc) is 3.15. The molecule has 29 heavy (non-hydrogen) atoms. The van der Waals surface area contributed by atoms with Gasteiger partial charge in [0.25, 0.3) is 0 Å². The minimum absolute atomic E-state index is 0.206. The Hall–Kier alpha value is -2.20. The normalized spacial score (nSPS) is 13.9. The van der Waals surface area contributed by atoms with E-state index in [-0.39, 0.29) is 6.10 Å². The second kappa shape index (κ2) is 10.5. The number of hydrogen-bond donors (Lipinski definition) is 1. The third-order valence-corrected chi connectivity index (χ3v) is 5.25. The molecule has 2 aromatic carbocycles. The number of ether oxygens (including phenoxy) is 3. The summed E-state index contributed by atoms with van der Waals surface area (Å²) >= 11 is 0. The summed E-state index contributed by atoms with van der Waals surface area (Å²) in [6, 6.07) is 14.9. The molecule has 1 aliphatic heterocycles. The Bertz CT molecular complexity index is 755. The van der Waals surface area contributed by atoms with E-state index in [0.29, 0.717) is 12.7 Å². The largest absolute Gasteiger partial charge is 0.491 e. The quantitative estimate of drug-likeness (QED) is 0.479. The summed E-state index contributed by atoms with van der Waals surface area (Å²) in [5.74, 6) is 3.93. The minimum Gasteiger partial charge on any atom is -0.491 e. The number of rotatable bonds is 11. The van der Waals surface area contributed by atoms with Crippen molar-refractivity contribution >= 4 is 0 Å². The summed E-state index contributed by atoms with van der Waals surface area (Å²) < 4.78 is 16.6. The lowest BCUT2D eigenvalue weighted by molar-refractivity contribution is 0.174. The van der Waals surface area contributed by atoms with Crippen molar-refractivity contribution in [1.82, 2.24) is 5.32 Å². The molecule has 0 aliphatic carbocycles. The maximum atomic E-state index is 5.79. The van der Waals surface area contributed by atoms with Crippen LogP contribution in [-0.4, -0.2) is 19.4 Å². The molecule has 0 spiro atoms. The zero-order valence-corrected chi connectivity index (χ0v) is 18.2. The Morgan fingerprint density at radius 1 is 0.897 bits per heavy atom. The molecule has 0 radical (unpaired) electrons. The number of benzene rings is 2. The number of fused-ring (bicyclic) bond motifs is 1. The van der Waals surface area contributed by atoms with Crippen LogP contribution in [-0.2, 0) is 6.54 Å². The third kappa shape index (κ3) is 6.67. The highest BCUT2D eigenvalue weighted by atomic mass is 16.7. The summed E-state index contributed by atoms with van der Waals surface area (Å²) in [5.41, 5.74) is 2.63. The molecule has 3 rings (SSSR count). The predicted octanol–water partition coefficient (Wildman–Crippen LogP) is 5.90. The zero-order valence-electron chi connectivity index (χ0n) is 18.2. The molecular weight excluding hydrogens is 362 g/mol. The van der Waals surface area contributed by atoms with Crippen molar-refractivity contribution in [2.45, 2.75) is 65.5 Å². The van der Waals surface area contributed by atoms with Crippen LogP contribution in [0.1, 0.15) is 64.0 Å². The summed E-state index contributed by atoms with van der Waals surface area (Å²) in [6.45, 7) is 10.9. The van der Waals surface area contributed by atoms with E-state index >= 15 is 0 Å². The van der Waals surface area contributed by atoms with Crippen LogP contribution in [0.5, 0.6) is 17.2 Å². The lowest BCUT2D eigenvalue weighted by Crippen LogP contribution is -2.17. The summed E-state index contributed by atoms with van der Waals surface area (Å²) in [4.78, 5) is 0. The molecule has 4 heteroatoms. The van der Waals surface area contributed by atoms with E-state index in [1.54, 1.807) is 0 Å². The van der Waals surface area contributed by atoms with Crippen molar-refractivity contribution in [2.75, 3.05) is 13.3 Å². The fourth-order valence-electron chi connectivity index (χ4n) is 3.66. The first-order valence-electron chi connectivity index (χ1n) is 10.9. The van der Waals surface area contributed by atoms with Crippen LogP contribution in [0, 0.1) is 5.92 Å². The number of nitrogens with one attached hydrogen (secondary N) is 1. The van der Waals surface area contributed by atoms with E-state index in [4.69, 9.17) is 14.2 Å². The van der Waals surface area contributed by atoms with Gasteiger partial charge < -0.3 is 19.5 Å². The topological polar surface area (TPSA) is 39.7 Å². The molecule has 1 aliphatic rings. The molecule has 158 valence electrons. The molecule has 4 nitrogen and oxygen atoms in total. The average molecular weight is 398 g/mol. The fraction of sp³-hybridized carbons (Fsp3) is 0.520. The van der Waals surface area contributed by atoms with Gasteiger partial charge in [-0.25, -0.2) is 0 Å². The molecule has 1 unspecified atom stereocenters. The SMILES string of the molecule is CC(C)CCC(CCNCc1ccc2c(c1)OCO2)c1ccc(OC(C)C)cc1. The van der Waals surface area contributed by atoms with Crippen molar-refractivity contribution in [1.29, 1.82) is 0 Å². The van der Waals surface area contributed by atoms with Crippen molar-refractivity contribution in [3.63, 3.8) is 0 Å². The highest BCUT2D eigenvalue weighted by Gasteiger charge is 2.14. The standard InChI is InChI=1S/C25H35NO3/c1-18(2)5-7-22(21-8-10-23(11-9-21)29-19(3)4)13-14-26-16-20-6-12-24-25(15-20)28-17-27-24/h6,8-12,15,18-19,22,26H,5,7,13-14,16-17H2,1-4H3. The van der Waals surface area contributed by atoms with E-state index in [9.17, 15) is 0 Å². The molecule has 1 heterocycles. The second-order valence-corrected chi connectivity index (χ2v) is 8.56. The first-order valence-corrected chi connectivity index (χ1v) is 10.9. The summed E-state index contributed by atoms with van der Waals surface area (Å²) in [6.07, 6.45) is 3.80. The first-order chi connectivity index (χ1) is 14.0. The summed E-state index contributed by atoms with van der Waals surface area (Å²) in [7, 11) is 0. The van der Waals surface area contributed by atoms with E-state index in [0.717, 1.165) is 42.7 Å². The number of hydrogen-bond acceptors (Lipinski definition) is 4. The van der Waals surface area contributed by atoms with E-state index in [1.165, 1.54) is 24.0 Å². The van der Waals surface area contributed by atoms with Crippen LogP contribution in [0.25, 0.3) is 0 Å². The van der Waals surface area contributed by atoms with Gasteiger partial charge in [-0.2, -0.15) is 0 Å². The molecule has 2 aromatic rings. The summed E-state index contributed by atoms with van der Waals surface area (Å²) in [5, 5.41) is 3.60. The van der Waals surface area contributed by atoms with Gasteiger partial charge in [0.05, 0.1) is 6.10 Å². The van der Waals surface area contributed by atoms with Crippen LogP contribution in [0.4, 0.5) is 0 Å². The smallest absolute Gasteiger partial charge is 0.231 e. The van der Waals surface area contributed by atoms with Gasteiger partial charge in [-0.1, -0.05) is 38.5 Å². The van der Waals surface area contributed by atoms with Crippen LogP contribution < -0.4 is 19.5 Å². The Morgan fingerprint density at radius 2 is 1.66 bits per heavy atom. The van der Waals surface area contributed by atoms with Gasteiger partial charge in [-0.15, -0.1) is 0 Å². The van der Waals surface area contributed by atoms with Gasteiger partial charge in [0.2, 0.25) is 6.79 Å². The van der Waals surface area contributed by atoms with Gasteiger partial charge in [0.15, 0.2) is 11.5 Å². The Kier molecular flexibility index (Phi) is 7.82. The van der Waals surface area contributed by atoms with E-state index in [2.05, 4.69) is 69.4 Å². The van der Waals surface area contributed by atoms with Crippen LogP contribution in [0.3, 0.4) is 0 Å². The maximum Gasteiger partial charge on any atom is 0.231 e. The monoisotopic (exact) mass is 397 g/mol. The van der Waals surface area contributed by atoms with Gasteiger partial charge in [-0.3, -0.25) is 0 Å². The molecule has 0 bridgehead atoms. The Labute approximate surface area is 175 Å². The van der Waals surface area contributed by atoms with Gasteiger partial charge in [0, 0.05) is 6.54 Å². The van der Waals surface area contributed by atoms with Crippen LogP contribution in [0.2, 0.25) is 0 Å². The van der Waals surface area contributed by atoms with Crippen molar-refractivity contribution in [2.24, 2.45) is 5.92 Å². The molecule has 0 saturated heterocycles. The molecular formula is C25H35NO3. The zero-order chi connectivity index (χ0) is 20.6. The van der Waals surface area contributed by atoms with E-state index in [1.807, 2.05) is 6.07 Å². The molecule has 1 N–H and O–H groups in total. The second-order valence-electron chi connectivity index (χ2n) is 8.56. The molecule has 0 aromatic heterocycles. The Balaban J connectivity index is 1.53. The first kappa shape index (κ1) is 21.5. The third-order valence-electron chi connectivity index (χ3n) is 5.25. The van der Waals surface area contributed by atoms with Gasteiger partial charge in [0.1, 0.15) is 5.75 Å². The van der Waals surface area contributed by atoms with Crippen molar-refractivity contribution < 1.29 is 14.2 Å². The lowest BCUT2D eigenvalue weighted by Gasteiger charge is -2.20. The predicted molar refractivity (Wildman–Crippen MR) is 118 cm³/mol. The van der Waals surface area contributed by atoms with Gasteiger partial charge in [-0.05, 0) is 80.5 Å². The van der Waals surface area contributed by atoms with Crippen LogP contribution in [0.15, 0.2) is 42.5 Å². The van der Waals surface area contributed by atoms with Crippen molar-refractivity contribution in [3.8, 4) is 17.2 Å². The van der Waals surface area contributed by atoms with Crippen LogP contribution >= 0.6 is 0 Å². The minimum atomic E-state index is 0.206. The molecule has 0 amide bonds. The van der Waals surface area contributed by atoms with Crippen molar-refractivity contribution in [3.05, 3.63) is 53.6 Å². The highest BCUT2D eigenvalue weighted by Crippen LogP contribution is 2.32. The fourth-order valence-corrected chi connectivity index (χ4v) is 3.66. The van der Waals surface area contributed by atoms with Gasteiger partial charge >= 0.3 is 0 Å². The van der Waals surface area contributed by atoms with E-state index < -0.39 is 0 Å². The molecule has 0 saturated carbocycles. The highest BCUT2D eigenvalue weighted by molar-refractivity contribution is 5.44. The maximum absolute atomic E-state index is 5.79. The molecule has 1 atom stereocenters.